The molecule has 1 fully saturated rings. The number of carbonyl (C=O) groups excluding carboxylic acids is 2. The van der Waals surface area contributed by atoms with E-state index in [-0.39, 0.29) is 41.8 Å². The fraction of sp³-hybridized carbons (Fsp3) is 0.579. The van der Waals surface area contributed by atoms with Gasteiger partial charge in [-0.2, -0.15) is 0 Å². The van der Waals surface area contributed by atoms with Crippen molar-refractivity contribution in [1.82, 2.24) is 20.5 Å². The summed E-state index contributed by atoms with van der Waals surface area (Å²) in [5, 5.41) is 6.10. The van der Waals surface area contributed by atoms with Crippen LogP contribution in [0.3, 0.4) is 0 Å². The Bertz CT molecular complexity index is 642. The van der Waals surface area contributed by atoms with Crippen molar-refractivity contribution in [3.63, 3.8) is 0 Å². The van der Waals surface area contributed by atoms with Crippen LogP contribution >= 0.6 is 24.0 Å². The topological polar surface area (TPSA) is 95.9 Å². The predicted octanol–water partition coefficient (Wildman–Crippen LogP) is 1.67. The third-order valence-corrected chi connectivity index (χ3v) is 4.26. The molecule has 1 unspecified atom stereocenters. The maximum atomic E-state index is 12.0. The molecular weight excluding hydrogens is 473 g/mol. The van der Waals surface area contributed by atoms with Gasteiger partial charge < -0.3 is 20.3 Å². The zero-order valence-corrected chi connectivity index (χ0v) is 18.8. The van der Waals surface area contributed by atoms with Gasteiger partial charge in [0.1, 0.15) is 0 Å². The first kappa shape index (κ1) is 24.1. The Kier molecular flexibility index (Phi) is 11.5. The average Bonchev–Trinajstić information content (AvgIpc) is 2.71. The lowest BCUT2D eigenvalue weighted by Gasteiger charge is -2.34. The number of pyridine rings is 1. The second-order valence-corrected chi connectivity index (χ2v) is 6.27. The molecule has 2 rings (SSSR count). The second-order valence-electron chi connectivity index (χ2n) is 6.27. The molecule has 8 nitrogen and oxygen atoms in total. The molecule has 28 heavy (non-hydrogen) atoms. The summed E-state index contributed by atoms with van der Waals surface area (Å²) in [6.07, 6.45) is 4.93. The summed E-state index contributed by atoms with van der Waals surface area (Å²) in [7, 11) is 0. The lowest BCUT2D eigenvalue weighted by atomic mass is 9.98. The molecule has 0 bridgehead atoms. The zero-order chi connectivity index (χ0) is 19.5. The van der Waals surface area contributed by atoms with Crippen LogP contribution in [0.2, 0.25) is 0 Å². The summed E-state index contributed by atoms with van der Waals surface area (Å²) in [5.41, 5.74) is 0.529. The molecule has 1 aliphatic rings. The van der Waals surface area contributed by atoms with Gasteiger partial charge in [-0.15, -0.1) is 24.0 Å². The third kappa shape index (κ3) is 7.61. The van der Waals surface area contributed by atoms with E-state index in [9.17, 15) is 9.59 Å². The maximum absolute atomic E-state index is 12.0. The molecule has 1 amide bonds. The van der Waals surface area contributed by atoms with Crippen LogP contribution in [0.5, 0.6) is 0 Å². The van der Waals surface area contributed by atoms with Crippen molar-refractivity contribution in [2.75, 3.05) is 39.3 Å². The molecule has 0 aromatic carbocycles. The van der Waals surface area contributed by atoms with E-state index in [0.717, 1.165) is 31.9 Å². The van der Waals surface area contributed by atoms with E-state index in [1.165, 1.54) is 6.20 Å². The first-order valence-corrected chi connectivity index (χ1v) is 9.53. The number of guanidine groups is 1. The van der Waals surface area contributed by atoms with E-state index in [4.69, 9.17) is 4.74 Å². The van der Waals surface area contributed by atoms with Crippen molar-refractivity contribution in [2.45, 2.75) is 26.7 Å². The number of ether oxygens (including phenoxy) is 1. The maximum Gasteiger partial charge on any atom is 0.310 e. The third-order valence-electron chi connectivity index (χ3n) is 4.26. The summed E-state index contributed by atoms with van der Waals surface area (Å²) in [6.45, 7) is 7.31. The Morgan fingerprint density at radius 3 is 2.86 bits per heavy atom. The zero-order valence-electron chi connectivity index (χ0n) is 16.5. The minimum absolute atomic E-state index is 0. The molecular formula is C19H30IN5O3. The summed E-state index contributed by atoms with van der Waals surface area (Å²) >= 11 is 0. The van der Waals surface area contributed by atoms with Crippen LogP contribution in [0, 0.1) is 5.92 Å². The number of piperidine rings is 1. The number of aromatic nitrogens is 1. The van der Waals surface area contributed by atoms with Crippen LogP contribution in [0.25, 0.3) is 0 Å². The lowest BCUT2D eigenvalue weighted by Crippen LogP contribution is -2.48. The Morgan fingerprint density at radius 1 is 1.36 bits per heavy atom. The summed E-state index contributed by atoms with van der Waals surface area (Å²) in [4.78, 5) is 34.7. The summed E-state index contributed by atoms with van der Waals surface area (Å²) in [5.74, 6) is 0.348. The first-order chi connectivity index (χ1) is 13.2. The molecule has 0 aliphatic carbocycles. The van der Waals surface area contributed by atoms with Gasteiger partial charge in [0, 0.05) is 38.6 Å². The number of nitrogens with zero attached hydrogens (tertiary/aromatic N) is 3. The van der Waals surface area contributed by atoms with Crippen molar-refractivity contribution in [3.05, 3.63) is 30.1 Å². The van der Waals surface area contributed by atoms with Gasteiger partial charge in [0.25, 0.3) is 5.91 Å². The standard InChI is InChI=1S/C19H29N5O3.HI/c1-3-21-19(24-12-6-8-16(14-24)18(26)27-4-2)23-11-10-22-17(25)15-7-5-9-20-13-15;/h5,7,9,13,16H,3-4,6,8,10-12,14H2,1-2H3,(H,21,23)(H,22,25);1H. The Hall–Kier alpha value is -1.91. The van der Waals surface area contributed by atoms with Crippen LogP contribution in [0.1, 0.15) is 37.0 Å². The number of carbonyl (C=O) groups is 2. The predicted molar refractivity (Wildman–Crippen MR) is 119 cm³/mol. The molecule has 1 atom stereocenters. The van der Waals surface area contributed by atoms with Crippen LogP contribution in [0.15, 0.2) is 29.5 Å². The fourth-order valence-electron chi connectivity index (χ4n) is 2.98. The summed E-state index contributed by atoms with van der Waals surface area (Å²) < 4.78 is 5.16. The van der Waals surface area contributed by atoms with Gasteiger partial charge in [0.15, 0.2) is 5.96 Å². The SMILES string of the molecule is CCNC(=NCCNC(=O)c1cccnc1)N1CCCC(C(=O)OCC)C1.I. The van der Waals surface area contributed by atoms with Gasteiger partial charge in [0.05, 0.1) is 24.6 Å². The number of esters is 1. The number of halogens is 1. The van der Waals surface area contributed by atoms with Crippen molar-refractivity contribution >= 4 is 41.8 Å². The van der Waals surface area contributed by atoms with Gasteiger partial charge in [-0.05, 0) is 38.8 Å². The van der Waals surface area contributed by atoms with Crippen LogP contribution in [-0.2, 0) is 9.53 Å². The van der Waals surface area contributed by atoms with Crippen molar-refractivity contribution in [3.8, 4) is 0 Å². The number of rotatable bonds is 7. The highest BCUT2D eigenvalue weighted by molar-refractivity contribution is 14.0. The molecule has 2 N–H and O–H groups in total. The molecule has 0 spiro atoms. The molecule has 0 radical (unpaired) electrons. The van der Waals surface area contributed by atoms with Crippen LogP contribution in [-0.4, -0.2) is 67.1 Å². The molecule has 9 heteroatoms. The molecule has 1 saturated heterocycles. The van der Waals surface area contributed by atoms with E-state index >= 15 is 0 Å². The van der Waals surface area contributed by atoms with Gasteiger partial charge in [0.2, 0.25) is 0 Å². The number of nitrogens with one attached hydrogen (secondary N) is 2. The quantitative estimate of drug-likeness (QED) is 0.193. The monoisotopic (exact) mass is 503 g/mol. The minimum atomic E-state index is -0.163. The first-order valence-electron chi connectivity index (χ1n) is 9.53. The molecule has 1 aromatic heterocycles. The van der Waals surface area contributed by atoms with E-state index in [1.807, 2.05) is 13.8 Å². The van der Waals surface area contributed by atoms with Crippen molar-refractivity contribution < 1.29 is 14.3 Å². The van der Waals surface area contributed by atoms with E-state index in [2.05, 4.69) is 25.5 Å². The Labute approximate surface area is 183 Å². The normalized spacial score (nSPS) is 16.7. The molecule has 156 valence electrons. The number of hydrogen-bond donors (Lipinski definition) is 2. The molecule has 2 heterocycles. The van der Waals surface area contributed by atoms with E-state index in [0.29, 0.717) is 31.8 Å². The summed E-state index contributed by atoms with van der Waals surface area (Å²) in [6, 6.07) is 3.45. The second kappa shape index (κ2) is 13.3. The highest BCUT2D eigenvalue weighted by Crippen LogP contribution is 2.18. The Morgan fingerprint density at radius 2 is 2.18 bits per heavy atom. The fourth-order valence-corrected chi connectivity index (χ4v) is 2.98. The van der Waals surface area contributed by atoms with Crippen molar-refractivity contribution in [1.29, 1.82) is 0 Å². The van der Waals surface area contributed by atoms with E-state index < -0.39 is 0 Å². The lowest BCUT2D eigenvalue weighted by molar-refractivity contribution is -0.149. The number of amides is 1. The highest BCUT2D eigenvalue weighted by atomic mass is 127. The largest absolute Gasteiger partial charge is 0.466 e. The Balaban J connectivity index is 0.00000392. The molecule has 0 saturated carbocycles. The van der Waals surface area contributed by atoms with Gasteiger partial charge in [-0.3, -0.25) is 19.6 Å². The molecule has 1 aromatic rings. The smallest absolute Gasteiger partial charge is 0.310 e. The van der Waals surface area contributed by atoms with Crippen molar-refractivity contribution in [2.24, 2.45) is 10.9 Å². The van der Waals surface area contributed by atoms with Crippen LogP contribution < -0.4 is 10.6 Å². The van der Waals surface area contributed by atoms with Gasteiger partial charge in [-0.1, -0.05) is 0 Å². The minimum Gasteiger partial charge on any atom is -0.466 e. The average molecular weight is 503 g/mol. The van der Waals surface area contributed by atoms with E-state index in [1.54, 1.807) is 18.3 Å². The number of likely N-dealkylation sites (tertiary alicyclic amines) is 1. The highest BCUT2D eigenvalue weighted by Gasteiger charge is 2.28. The number of aliphatic imine (C=N–C) groups is 1. The van der Waals surface area contributed by atoms with Gasteiger partial charge in [-0.25, -0.2) is 0 Å². The van der Waals surface area contributed by atoms with Gasteiger partial charge >= 0.3 is 5.97 Å². The molecule has 1 aliphatic heterocycles. The number of hydrogen-bond acceptors (Lipinski definition) is 5. The van der Waals surface area contributed by atoms with Crippen LogP contribution in [0.4, 0.5) is 0 Å².